The summed E-state index contributed by atoms with van der Waals surface area (Å²) in [5.74, 6) is 0.509. The predicted molar refractivity (Wildman–Crippen MR) is 85.2 cm³/mol. The molecule has 0 aromatic heterocycles. The zero-order chi connectivity index (χ0) is 14.6. The Balaban J connectivity index is 2.22. The second kappa shape index (κ2) is 10.5. The first-order valence-electron chi connectivity index (χ1n) is 6.81. The van der Waals surface area contributed by atoms with E-state index in [1.54, 1.807) is 13.2 Å². The van der Waals surface area contributed by atoms with Crippen molar-refractivity contribution in [2.75, 3.05) is 19.0 Å². The molecule has 0 aliphatic rings. The van der Waals surface area contributed by atoms with Crippen molar-refractivity contribution < 1.29 is 14.3 Å². The summed E-state index contributed by atoms with van der Waals surface area (Å²) >= 11 is 3.39. The van der Waals surface area contributed by atoms with Crippen LogP contribution in [0.1, 0.15) is 31.2 Å². The lowest BCUT2D eigenvalue weighted by molar-refractivity contribution is -0.137. The number of hydrogen-bond acceptors (Lipinski definition) is 3. The van der Waals surface area contributed by atoms with Gasteiger partial charge in [0.2, 0.25) is 0 Å². The van der Waals surface area contributed by atoms with Crippen LogP contribution in [-0.2, 0) is 9.53 Å². The summed E-state index contributed by atoms with van der Waals surface area (Å²) < 4.78 is 10.2. The number of ether oxygens (including phenoxy) is 2. The van der Waals surface area contributed by atoms with Crippen molar-refractivity contribution in [1.82, 2.24) is 0 Å². The largest absolute Gasteiger partial charge is 0.497 e. The molecule has 0 atom stereocenters. The lowest BCUT2D eigenvalue weighted by Crippen LogP contribution is -2.02. The molecule has 0 unspecified atom stereocenters. The third-order valence-electron chi connectivity index (χ3n) is 2.80. The van der Waals surface area contributed by atoms with Crippen molar-refractivity contribution in [1.29, 1.82) is 0 Å². The number of methoxy groups -OCH3 is 1. The zero-order valence-corrected chi connectivity index (χ0v) is 13.4. The number of alkyl halides is 1. The summed E-state index contributed by atoms with van der Waals surface area (Å²) in [7, 11) is 1.63. The fraction of sp³-hybridized carbons (Fsp3) is 0.438. The van der Waals surface area contributed by atoms with Gasteiger partial charge in [0.05, 0.1) is 13.7 Å². The van der Waals surface area contributed by atoms with Gasteiger partial charge in [-0.1, -0.05) is 40.9 Å². The molecule has 110 valence electrons. The topological polar surface area (TPSA) is 35.5 Å². The van der Waals surface area contributed by atoms with Gasteiger partial charge in [-0.2, -0.15) is 0 Å². The molecule has 1 aromatic carbocycles. The minimum absolute atomic E-state index is 0.290. The molecule has 0 saturated carbocycles. The molecule has 1 rings (SSSR count). The normalized spacial score (nSPS) is 10.7. The number of halogens is 1. The van der Waals surface area contributed by atoms with E-state index in [0.29, 0.717) is 6.61 Å². The van der Waals surface area contributed by atoms with Gasteiger partial charge in [-0.15, -0.1) is 0 Å². The van der Waals surface area contributed by atoms with Crippen molar-refractivity contribution in [3.63, 3.8) is 0 Å². The molecular formula is C16H21BrO3. The third-order valence-corrected chi connectivity index (χ3v) is 3.36. The molecule has 1 aromatic rings. The van der Waals surface area contributed by atoms with Crippen LogP contribution in [0.15, 0.2) is 30.3 Å². The first-order chi connectivity index (χ1) is 9.76. The van der Waals surface area contributed by atoms with E-state index < -0.39 is 0 Å². The van der Waals surface area contributed by atoms with Gasteiger partial charge in [0.1, 0.15) is 5.75 Å². The molecule has 0 N–H and O–H groups in total. The number of carbonyl (C=O) groups is 1. The highest BCUT2D eigenvalue weighted by molar-refractivity contribution is 9.09. The molecule has 0 aliphatic heterocycles. The smallest absolute Gasteiger partial charge is 0.330 e. The van der Waals surface area contributed by atoms with E-state index in [4.69, 9.17) is 9.47 Å². The van der Waals surface area contributed by atoms with Crippen LogP contribution < -0.4 is 4.74 Å². The first kappa shape index (κ1) is 16.8. The number of benzene rings is 1. The lowest BCUT2D eigenvalue weighted by Gasteiger charge is -2.02. The first-order valence-corrected chi connectivity index (χ1v) is 7.93. The standard InChI is InChI=1S/C16H21BrO3/c1-19-15-9-6-14(7-10-15)8-11-16(18)20-13-5-3-2-4-12-17/h6-11H,2-5,12-13H2,1H3. The highest BCUT2D eigenvalue weighted by Crippen LogP contribution is 2.12. The van der Waals surface area contributed by atoms with E-state index in [0.717, 1.165) is 29.5 Å². The van der Waals surface area contributed by atoms with Gasteiger partial charge < -0.3 is 9.47 Å². The fourth-order valence-electron chi connectivity index (χ4n) is 1.65. The van der Waals surface area contributed by atoms with E-state index in [1.165, 1.54) is 18.9 Å². The number of unbranched alkanes of at least 4 members (excludes halogenated alkanes) is 3. The van der Waals surface area contributed by atoms with E-state index in [-0.39, 0.29) is 5.97 Å². The maximum atomic E-state index is 11.5. The zero-order valence-electron chi connectivity index (χ0n) is 11.8. The van der Waals surface area contributed by atoms with Crippen molar-refractivity contribution in [2.45, 2.75) is 25.7 Å². The molecule has 0 bridgehead atoms. The Labute approximate surface area is 129 Å². The van der Waals surface area contributed by atoms with Crippen LogP contribution in [0.5, 0.6) is 5.75 Å². The minimum Gasteiger partial charge on any atom is -0.497 e. The van der Waals surface area contributed by atoms with Gasteiger partial charge in [0.15, 0.2) is 0 Å². The number of carbonyl (C=O) groups excluding carboxylic acids is 1. The Bertz CT molecular complexity index is 412. The maximum Gasteiger partial charge on any atom is 0.330 e. The van der Waals surface area contributed by atoms with Crippen LogP contribution in [0, 0.1) is 0 Å². The summed E-state index contributed by atoms with van der Waals surface area (Å²) in [6.45, 7) is 0.494. The highest BCUT2D eigenvalue weighted by atomic mass is 79.9. The predicted octanol–water partition coefficient (Wildman–Crippen LogP) is 4.21. The number of hydrogen-bond donors (Lipinski definition) is 0. The Morgan fingerprint density at radius 1 is 1.15 bits per heavy atom. The Morgan fingerprint density at radius 3 is 2.50 bits per heavy atom. The Kier molecular flexibility index (Phi) is 8.79. The molecule has 0 heterocycles. The van der Waals surface area contributed by atoms with E-state index >= 15 is 0 Å². The molecule has 20 heavy (non-hydrogen) atoms. The molecule has 0 saturated heterocycles. The minimum atomic E-state index is -0.290. The van der Waals surface area contributed by atoms with Crippen LogP contribution in [-0.4, -0.2) is 25.0 Å². The van der Waals surface area contributed by atoms with Crippen LogP contribution in [0.4, 0.5) is 0 Å². The fourth-order valence-corrected chi connectivity index (χ4v) is 2.05. The van der Waals surface area contributed by atoms with Crippen molar-refractivity contribution in [2.24, 2.45) is 0 Å². The molecular weight excluding hydrogens is 320 g/mol. The van der Waals surface area contributed by atoms with Crippen LogP contribution in [0.3, 0.4) is 0 Å². The quantitative estimate of drug-likeness (QED) is 0.292. The molecule has 0 spiro atoms. The van der Waals surface area contributed by atoms with Gasteiger partial charge in [-0.25, -0.2) is 4.79 Å². The average molecular weight is 341 g/mol. The molecule has 4 heteroatoms. The third kappa shape index (κ3) is 7.34. The van der Waals surface area contributed by atoms with Gasteiger partial charge >= 0.3 is 5.97 Å². The van der Waals surface area contributed by atoms with Gasteiger partial charge in [-0.05, 0) is 36.6 Å². The van der Waals surface area contributed by atoms with Crippen LogP contribution >= 0.6 is 15.9 Å². The molecule has 3 nitrogen and oxygen atoms in total. The maximum absolute atomic E-state index is 11.5. The van der Waals surface area contributed by atoms with Gasteiger partial charge in [0, 0.05) is 11.4 Å². The molecule has 0 aliphatic carbocycles. The summed E-state index contributed by atoms with van der Waals surface area (Å²) in [4.78, 5) is 11.5. The molecule has 0 amide bonds. The van der Waals surface area contributed by atoms with Crippen molar-refractivity contribution in [3.8, 4) is 5.75 Å². The second-order valence-electron chi connectivity index (χ2n) is 4.38. The monoisotopic (exact) mass is 340 g/mol. The number of esters is 1. The van der Waals surface area contributed by atoms with E-state index in [9.17, 15) is 4.79 Å². The second-order valence-corrected chi connectivity index (χ2v) is 5.17. The summed E-state index contributed by atoms with van der Waals surface area (Å²) in [6, 6.07) is 7.50. The van der Waals surface area contributed by atoms with Crippen LogP contribution in [0.25, 0.3) is 6.08 Å². The molecule has 0 fully saturated rings. The summed E-state index contributed by atoms with van der Waals surface area (Å²) in [5.41, 5.74) is 0.945. The lowest BCUT2D eigenvalue weighted by atomic mass is 10.2. The highest BCUT2D eigenvalue weighted by Gasteiger charge is 1.97. The Hall–Kier alpha value is -1.29. The Morgan fingerprint density at radius 2 is 1.85 bits per heavy atom. The van der Waals surface area contributed by atoms with Crippen molar-refractivity contribution in [3.05, 3.63) is 35.9 Å². The molecule has 0 radical (unpaired) electrons. The van der Waals surface area contributed by atoms with Gasteiger partial charge in [-0.3, -0.25) is 0 Å². The van der Waals surface area contributed by atoms with Crippen LogP contribution in [0.2, 0.25) is 0 Å². The summed E-state index contributed by atoms with van der Waals surface area (Å²) in [5, 5.41) is 1.04. The van der Waals surface area contributed by atoms with E-state index in [1.807, 2.05) is 24.3 Å². The average Bonchev–Trinajstić information content (AvgIpc) is 2.49. The number of rotatable bonds is 9. The SMILES string of the molecule is COc1ccc(C=CC(=O)OCCCCCCBr)cc1. The van der Waals surface area contributed by atoms with Crippen molar-refractivity contribution >= 4 is 28.0 Å². The summed E-state index contributed by atoms with van der Waals surface area (Å²) in [6.07, 6.45) is 7.57. The van der Waals surface area contributed by atoms with Gasteiger partial charge in [0.25, 0.3) is 0 Å². The van der Waals surface area contributed by atoms with E-state index in [2.05, 4.69) is 15.9 Å².